The van der Waals surface area contributed by atoms with Gasteiger partial charge in [0.2, 0.25) is 0 Å². The first-order valence-corrected chi connectivity index (χ1v) is 7.18. The molecule has 0 fully saturated rings. The van der Waals surface area contributed by atoms with E-state index in [9.17, 15) is 4.39 Å². The van der Waals surface area contributed by atoms with E-state index in [1.807, 2.05) is 6.92 Å². The SMILES string of the molecule is Cc1cc(F)ccc1COc1c(Br)cc(N)cc1Br. The molecular weight excluding hydrogens is 377 g/mol. The third-order valence-electron chi connectivity index (χ3n) is 2.70. The van der Waals surface area contributed by atoms with Crippen LogP contribution in [0.2, 0.25) is 0 Å². The van der Waals surface area contributed by atoms with Crippen LogP contribution in [0.15, 0.2) is 39.3 Å². The van der Waals surface area contributed by atoms with Gasteiger partial charge < -0.3 is 10.5 Å². The second-order valence-corrected chi connectivity index (χ2v) is 5.88. The maximum absolute atomic E-state index is 13.0. The lowest BCUT2D eigenvalue weighted by Gasteiger charge is -2.12. The van der Waals surface area contributed by atoms with Gasteiger partial charge in [0.05, 0.1) is 8.95 Å². The number of aryl methyl sites for hydroxylation is 1. The minimum Gasteiger partial charge on any atom is -0.487 e. The summed E-state index contributed by atoms with van der Waals surface area (Å²) < 4.78 is 20.3. The van der Waals surface area contributed by atoms with Crippen LogP contribution in [-0.4, -0.2) is 0 Å². The van der Waals surface area contributed by atoms with Gasteiger partial charge >= 0.3 is 0 Å². The Labute approximate surface area is 128 Å². The largest absolute Gasteiger partial charge is 0.487 e. The van der Waals surface area contributed by atoms with Crippen molar-refractivity contribution < 1.29 is 9.13 Å². The molecule has 2 rings (SSSR count). The number of hydrogen-bond acceptors (Lipinski definition) is 2. The van der Waals surface area contributed by atoms with Crippen molar-refractivity contribution in [2.24, 2.45) is 0 Å². The third kappa shape index (κ3) is 3.48. The smallest absolute Gasteiger partial charge is 0.148 e. The second-order valence-electron chi connectivity index (χ2n) is 4.17. The minimum absolute atomic E-state index is 0.240. The van der Waals surface area contributed by atoms with Crippen LogP contribution >= 0.6 is 31.9 Å². The van der Waals surface area contributed by atoms with Gasteiger partial charge in [-0.15, -0.1) is 0 Å². The average molecular weight is 389 g/mol. The predicted octanol–water partition coefficient (Wildman–Crippen LogP) is 4.82. The maximum Gasteiger partial charge on any atom is 0.148 e. The Kier molecular flexibility index (Phi) is 4.47. The van der Waals surface area contributed by atoms with E-state index in [2.05, 4.69) is 31.9 Å². The summed E-state index contributed by atoms with van der Waals surface area (Å²) in [5.41, 5.74) is 8.17. The Balaban J connectivity index is 2.19. The van der Waals surface area contributed by atoms with E-state index in [1.54, 1.807) is 18.2 Å². The fourth-order valence-electron chi connectivity index (χ4n) is 1.69. The summed E-state index contributed by atoms with van der Waals surface area (Å²) in [5.74, 6) is 0.439. The molecule has 2 aromatic rings. The van der Waals surface area contributed by atoms with Crippen molar-refractivity contribution in [3.63, 3.8) is 0 Å². The van der Waals surface area contributed by atoms with E-state index < -0.39 is 0 Å². The van der Waals surface area contributed by atoms with Crippen LogP contribution < -0.4 is 10.5 Å². The number of halogens is 3. The van der Waals surface area contributed by atoms with Gasteiger partial charge in [-0.1, -0.05) is 6.07 Å². The molecule has 0 aliphatic rings. The maximum atomic E-state index is 13.0. The summed E-state index contributed by atoms with van der Waals surface area (Å²) in [4.78, 5) is 0. The van der Waals surface area contributed by atoms with Crippen molar-refractivity contribution >= 4 is 37.5 Å². The van der Waals surface area contributed by atoms with Crippen LogP contribution in [0.4, 0.5) is 10.1 Å². The first-order valence-electron chi connectivity index (χ1n) is 5.59. The predicted molar refractivity (Wildman–Crippen MR) is 81.7 cm³/mol. The van der Waals surface area contributed by atoms with Crippen molar-refractivity contribution in [3.05, 3.63) is 56.2 Å². The zero-order chi connectivity index (χ0) is 14.0. The quantitative estimate of drug-likeness (QED) is 0.765. The van der Waals surface area contributed by atoms with Crippen molar-refractivity contribution in [1.82, 2.24) is 0 Å². The summed E-state index contributed by atoms with van der Waals surface area (Å²) in [5, 5.41) is 0. The van der Waals surface area contributed by atoms with E-state index in [0.717, 1.165) is 20.1 Å². The Morgan fingerprint density at radius 1 is 1.16 bits per heavy atom. The molecule has 0 saturated carbocycles. The van der Waals surface area contributed by atoms with Crippen molar-refractivity contribution in [2.75, 3.05) is 5.73 Å². The molecule has 0 aromatic heterocycles. The van der Waals surface area contributed by atoms with E-state index in [-0.39, 0.29) is 5.82 Å². The topological polar surface area (TPSA) is 35.2 Å². The molecule has 0 aliphatic heterocycles. The molecule has 0 spiro atoms. The molecular formula is C14H12Br2FNO. The number of nitrogen functional groups attached to an aromatic ring is 1. The number of anilines is 1. The fraction of sp³-hybridized carbons (Fsp3) is 0.143. The molecule has 19 heavy (non-hydrogen) atoms. The summed E-state index contributed by atoms with van der Waals surface area (Å²) >= 11 is 6.81. The van der Waals surface area contributed by atoms with Crippen molar-refractivity contribution in [3.8, 4) is 5.75 Å². The lowest BCUT2D eigenvalue weighted by Crippen LogP contribution is -2.00. The Hall–Kier alpha value is -1.07. The molecule has 0 bridgehead atoms. The number of rotatable bonds is 3. The monoisotopic (exact) mass is 387 g/mol. The van der Waals surface area contributed by atoms with Gasteiger partial charge in [0.25, 0.3) is 0 Å². The first kappa shape index (κ1) is 14.3. The van der Waals surface area contributed by atoms with Gasteiger partial charge in [-0.25, -0.2) is 4.39 Å². The van der Waals surface area contributed by atoms with Crippen molar-refractivity contribution in [2.45, 2.75) is 13.5 Å². The Morgan fingerprint density at radius 2 is 1.79 bits per heavy atom. The van der Waals surface area contributed by atoms with Crippen LogP contribution in [-0.2, 0) is 6.61 Å². The third-order valence-corrected chi connectivity index (χ3v) is 3.88. The molecule has 0 aliphatic carbocycles. The molecule has 0 unspecified atom stereocenters. The van der Waals surface area contributed by atoms with Crippen molar-refractivity contribution in [1.29, 1.82) is 0 Å². The van der Waals surface area contributed by atoms with E-state index >= 15 is 0 Å². The fourth-order valence-corrected chi connectivity index (χ4v) is 3.14. The number of hydrogen-bond donors (Lipinski definition) is 1. The highest BCUT2D eigenvalue weighted by Gasteiger charge is 2.09. The number of nitrogens with two attached hydrogens (primary N) is 1. The molecule has 0 heterocycles. The summed E-state index contributed by atoms with van der Waals surface area (Å²) in [6.45, 7) is 2.22. The standard InChI is InChI=1S/C14H12Br2FNO/c1-8-4-10(17)3-2-9(8)7-19-14-12(15)5-11(18)6-13(14)16/h2-6H,7,18H2,1H3. The minimum atomic E-state index is -0.240. The highest BCUT2D eigenvalue weighted by atomic mass is 79.9. The second kappa shape index (κ2) is 5.92. The molecule has 5 heteroatoms. The number of benzene rings is 2. The van der Waals surface area contributed by atoms with E-state index in [1.165, 1.54) is 12.1 Å². The normalized spacial score (nSPS) is 10.5. The van der Waals surface area contributed by atoms with Gasteiger partial charge in [-0.05, 0) is 74.2 Å². The van der Waals surface area contributed by atoms with E-state index in [0.29, 0.717) is 18.0 Å². The molecule has 2 N–H and O–H groups in total. The van der Waals surface area contributed by atoms with Crippen LogP contribution in [0.1, 0.15) is 11.1 Å². The molecule has 2 nitrogen and oxygen atoms in total. The summed E-state index contributed by atoms with van der Waals surface area (Å²) in [6, 6.07) is 8.20. The molecule has 100 valence electrons. The van der Waals surface area contributed by atoms with E-state index in [4.69, 9.17) is 10.5 Å². The zero-order valence-electron chi connectivity index (χ0n) is 10.2. The molecule has 0 atom stereocenters. The van der Waals surface area contributed by atoms with Crippen LogP contribution in [0.25, 0.3) is 0 Å². The van der Waals surface area contributed by atoms with Gasteiger partial charge in [0, 0.05) is 5.69 Å². The molecule has 2 aromatic carbocycles. The summed E-state index contributed by atoms with van der Waals surface area (Å²) in [7, 11) is 0. The number of ether oxygens (including phenoxy) is 1. The van der Waals surface area contributed by atoms with Gasteiger partial charge in [0.15, 0.2) is 0 Å². The molecule has 0 radical (unpaired) electrons. The highest BCUT2D eigenvalue weighted by molar-refractivity contribution is 9.11. The molecule has 0 saturated heterocycles. The van der Waals surface area contributed by atoms with Gasteiger partial charge in [-0.2, -0.15) is 0 Å². The van der Waals surface area contributed by atoms with Crippen LogP contribution in [0.5, 0.6) is 5.75 Å². The Bertz CT molecular complexity index is 593. The summed E-state index contributed by atoms with van der Waals surface area (Å²) in [6.07, 6.45) is 0. The Morgan fingerprint density at radius 3 is 2.37 bits per heavy atom. The van der Waals surface area contributed by atoms with Crippen LogP contribution in [0, 0.1) is 12.7 Å². The first-order chi connectivity index (χ1) is 8.97. The van der Waals surface area contributed by atoms with Gasteiger partial charge in [-0.3, -0.25) is 0 Å². The molecule has 0 amide bonds. The lowest BCUT2D eigenvalue weighted by atomic mass is 10.1. The highest BCUT2D eigenvalue weighted by Crippen LogP contribution is 2.36. The lowest BCUT2D eigenvalue weighted by molar-refractivity contribution is 0.301. The zero-order valence-corrected chi connectivity index (χ0v) is 13.4. The average Bonchev–Trinajstić information content (AvgIpc) is 2.30. The van der Waals surface area contributed by atoms with Crippen LogP contribution in [0.3, 0.4) is 0 Å². The van der Waals surface area contributed by atoms with Gasteiger partial charge in [0.1, 0.15) is 18.2 Å².